The fourth-order valence-electron chi connectivity index (χ4n) is 2.20. The van der Waals surface area contributed by atoms with Gasteiger partial charge in [-0.3, -0.25) is 0 Å². The van der Waals surface area contributed by atoms with Crippen molar-refractivity contribution >= 4 is 15.9 Å². The fraction of sp³-hybridized carbons (Fsp3) is 0.900. The molecule has 17 heavy (non-hydrogen) atoms. The molecule has 0 atom stereocenters. The lowest BCUT2D eigenvalue weighted by Gasteiger charge is -2.37. The highest BCUT2D eigenvalue weighted by atomic mass is 32.2. The number of carbonyl (C=O) groups is 1. The van der Waals surface area contributed by atoms with E-state index in [0.717, 1.165) is 0 Å². The summed E-state index contributed by atoms with van der Waals surface area (Å²) in [5.74, 6) is 0. The van der Waals surface area contributed by atoms with Crippen LogP contribution in [0.3, 0.4) is 0 Å². The predicted molar refractivity (Wildman–Crippen MR) is 62.2 cm³/mol. The van der Waals surface area contributed by atoms with Crippen molar-refractivity contribution < 1.29 is 23.1 Å². The van der Waals surface area contributed by atoms with Crippen LogP contribution >= 0.6 is 0 Å². The van der Waals surface area contributed by atoms with E-state index in [-0.39, 0.29) is 18.5 Å². The van der Waals surface area contributed by atoms with E-state index in [1.807, 2.05) is 0 Å². The van der Waals surface area contributed by atoms with Gasteiger partial charge in [-0.15, -0.1) is 0 Å². The zero-order valence-corrected chi connectivity index (χ0v) is 10.7. The molecule has 0 heterocycles. The van der Waals surface area contributed by atoms with Crippen molar-refractivity contribution in [3.8, 4) is 0 Å². The van der Waals surface area contributed by atoms with Crippen molar-refractivity contribution in [2.75, 3.05) is 19.5 Å². The molecule has 1 amide bonds. The highest BCUT2D eigenvalue weighted by Gasteiger charge is 2.38. The number of primary amides is 1. The quantitative estimate of drug-likeness (QED) is 0.746. The van der Waals surface area contributed by atoms with E-state index in [1.54, 1.807) is 0 Å². The molecule has 1 fully saturated rings. The van der Waals surface area contributed by atoms with E-state index in [0.29, 0.717) is 25.7 Å². The summed E-state index contributed by atoms with van der Waals surface area (Å²) in [5, 5.41) is 9.01. The van der Waals surface area contributed by atoms with Crippen molar-refractivity contribution in [1.29, 1.82) is 0 Å². The Labute approximate surface area is 101 Å². The number of nitrogens with two attached hydrogens (primary N) is 1. The van der Waals surface area contributed by atoms with E-state index < -0.39 is 21.3 Å². The molecule has 0 bridgehead atoms. The molecular weight excluding hydrogens is 246 g/mol. The molecule has 1 saturated carbocycles. The molecule has 1 rings (SSSR count). The second-order valence-corrected chi connectivity index (χ2v) is 7.12. The van der Waals surface area contributed by atoms with Gasteiger partial charge in [0.2, 0.25) is 0 Å². The predicted octanol–water partition coefficient (Wildman–Crippen LogP) is 0.0476. The molecule has 1 aliphatic carbocycles. The van der Waals surface area contributed by atoms with Crippen LogP contribution in [0.1, 0.15) is 25.7 Å². The molecule has 0 aromatic heterocycles. The van der Waals surface area contributed by atoms with Gasteiger partial charge >= 0.3 is 6.09 Å². The second-order valence-electron chi connectivity index (χ2n) is 4.79. The summed E-state index contributed by atoms with van der Waals surface area (Å²) in [5.41, 5.74) is 4.35. The Morgan fingerprint density at radius 3 is 2.35 bits per heavy atom. The zero-order chi connectivity index (χ0) is 13.1. The van der Waals surface area contributed by atoms with Crippen molar-refractivity contribution in [3.63, 3.8) is 0 Å². The average Bonchev–Trinajstić information content (AvgIpc) is 2.26. The number of hydrogen-bond donors (Lipinski definition) is 2. The van der Waals surface area contributed by atoms with Gasteiger partial charge in [0.25, 0.3) is 0 Å². The Morgan fingerprint density at radius 2 is 2.00 bits per heavy atom. The Kier molecular flexibility index (Phi) is 4.37. The second kappa shape index (κ2) is 5.22. The van der Waals surface area contributed by atoms with Gasteiger partial charge in [0, 0.05) is 11.7 Å². The summed E-state index contributed by atoms with van der Waals surface area (Å²) in [4.78, 5) is 10.5. The minimum absolute atomic E-state index is 0.0509. The lowest BCUT2D eigenvalue weighted by molar-refractivity contribution is 0.0151. The summed E-state index contributed by atoms with van der Waals surface area (Å²) < 4.78 is 27.5. The highest BCUT2D eigenvalue weighted by Crippen LogP contribution is 2.38. The van der Waals surface area contributed by atoms with Gasteiger partial charge in [-0.05, 0) is 25.7 Å². The minimum Gasteiger partial charge on any atom is -0.449 e. The number of sulfone groups is 1. The number of rotatable bonds is 4. The van der Waals surface area contributed by atoms with E-state index in [9.17, 15) is 18.3 Å². The van der Waals surface area contributed by atoms with Gasteiger partial charge in [0.1, 0.15) is 16.4 Å². The number of carbonyl (C=O) groups excluding carboxylic acids is 1. The van der Waals surface area contributed by atoms with Crippen LogP contribution in [-0.4, -0.2) is 44.3 Å². The van der Waals surface area contributed by atoms with Gasteiger partial charge in [0.05, 0.1) is 11.9 Å². The van der Waals surface area contributed by atoms with Crippen molar-refractivity contribution in [2.45, 2.75) is 30.9 Å². The fourth-order valence-corrected chi connectivity index (χ4v) is 3.30. The zero-order valence-electron chi connectivity index (χ0n) is 9.89. The SMILES string of the molecule is CS(=O)(=O)C1CCC(CO)(COC(N)=O)CC1. The first-order valence-electron chi connectivity index (χ1n) is 5.51. The average molecular weight is 265 g/mol. The maximum absolute atomic E-state index is 11.4. The largest absolute Gasteiger partial charge is 0.449 e. The number of aliphatic hydroxyl groups is 1. The molecule has 0 unspecified atom stereocenters. The molecule has 1 aliphatic rings. The first kappa shape index (κ1) is 14.2. The summed E-state index contributed by atoms with van der Waals surface area (Å²) in [6.45, 7) is -0.0773. The Hall–Kier alpha value is -0.820. The first-order valence-corrected chi connectivity index (χ1v) is 7.46. The molecule has 7 heteroatoms. The standard InChI is InChI=1S/C10H19NO5S/c1-17(14,15)8-2-4-10(6-12,5-3-8)7-16-9(11)13/h8,12H,2-7H2,1H3,(H2,11,13). The lowest BCUT2D eigenvalue weighted by atomic mass is 9.75. The Morgan fingerprint density at radius 1 is 1.47 bits per heavy atom. The number of aliphatic hydroxyl groups excluding tert-OH is 1. The molecule has 0 radical (unpaired) electrons. The van der Waals surface area contributed by atoms with Crippen LogP contribution < -0.4 is 5.73 Å². The molecule has 0 aromatic rings. The number of hydrogen-bond acceptors (Lipinski definition) is 5. The summed E-state index contributed by atoms with van der Waals surface area (Å²) in [6, 6.07) is 0. The first-order chi connectivity index (χ1) is 7.79. The van der Waals surface area contributed by atoms with Gasteiger partial charge in [0.15, 0.2) is 0 Å². The third-order valence-electron chi connectivity index (χ3n) is 3.45. The van der Waals surface area contributed by atoms with E-state index in [4.69, 9.17) is 10.5 Å². The summed E-state index contributed by atoms with van der Waals surface area (Å²) in [7, 11) is -3.03. The molecule has 6 nitrogen and oxygen atoms in total. The van der Waals surface area contributed by atoms with Crippen LogP contribution in [0.15, 0.2) is 0 Å². The molecular formula is C10H19NO5S. The van der Waals surface area contributed by atoms with Crippen molar-refractivity contribution in [1.82, 2.24) is 0 Å². The Balaban J connectivity index is 2.60. The topological polar surface area (TPSA) is 107 Å². The minimum atomic E-state index is -3.03. The number of ether oxygens (including phenoxy) is 1. The van der Waals surface area contributed by atoms with Crippen LogP contribution in [-0.2, 0) is 14.6 Å². The Bertz CT molecular complexity index is 370. The van der Waals surface area contributed by atoms with E-state index >= 15 is 0 Å². The third kappa shape index (κ3) is 3.85. The normalized spacial score (nSPS) is 29.9. The molecule has 3 N–H and O–H groups in total. The van der Waals surface area contributed by atoms with Crippen LogP contribution in [0, 0.1) is 5.41 Å². The lowest BCUT2D eigenvalue weighted by Crippen LogP contribution is -2.40. The van der Waals surface area contributed by atoms with Crippen molar-refractivity contribution in [2.24, 2.45) is 11.1 Å². The molecule has 0 aliphatic heterocycles. The van der Waals surface area contributed by atoms with E-state index in [2.05, 4.69) is 0 Å². The maximum atomic E-state index is 11.4. The maximum Gasteiger partial charge on any atom is 0.404 e. The van der Waals surface area contributed by atoms with E-state index in [1.165, 1.54) is 6.26 Å². The smallest absolute Gasteiger partial charge is 0.404 e. The summed E-state index contributed by atoms with van der Waals surface area (Å²) >= 11 is 0. The van der Waals surface area contributed by atoms with Crippen LogP contribution in [0.5, 0.6) is 0 Å². The van der Waals surface area contributed by atoms with Gasteiger partial charge in [-0.1, -0.05) is 0 Å². The summed E-state index contributed by atoms with van der Waals surface area (Å²) in [6.07, 6.45) is 2.37. The van der Waals surface area contributed by atoms with Crippen LogP contribution in [0.4, 0.5) is 4.79 Å². The van der Waals surface area contributed by atoms with Gasteiger partial charge < -0.3 is 15.6 Å². The van der Waals surface area contributed by atoms with Gasteiger partial charge in [-0.25, -0.2) is 13.2 Å². The van der Waals surface area contributed by atoms with Gasteiger partial charge in [-0.2, -0.15) is 0 Å². The highest BCUT2D eigenvalue weighted by molar-refractivity contribution is 7.91. The monoisotopic (exact) mass is 265 g/mol. The molecule has 100 valence electrons. The third-order valence-corrected chi connectivity index (χ3v) is 5.14. The van der Waals surface area contributed by atoms with Crippen molar-refractivity contribution in [3.05, 3.63) is 0 Å². The molecule has 0 aromatic carbocycles. The molecule has 0 saturated heterocycles. The molecule has 0 spiro atoms. The van der Waals surface area contributed by atoms with Crippen LogP contribution in [0.2, 0.25) is 0 Å². The van der Waals surface area contributed by atoms with Crippen LogP contribution in [0.25, 0.3) is 0 Å². The number of amides is 1.